The number of nitrogens with zero attached hydrogens (tertiary/aromatic N) is 2. The lowest BCUT2D eigenvalue weighted by molar-refractivity contribution is 0.715. The van der Waals surface area contributed by atoms with Crippen molar-refractivity contribution in [3.63, 3.8) is 0 Å². The summed E-state index contributed by atoms with van der Waals surface area (Å²) in [5.74, 6) is 0.964. The summed E-state index contributed by atoms with van der Waals surface area (Å²) in [5.41, 5.74) is 2.39. The fraction of sp³-hybridized carbons (Fsp3) is 0.600. The van der Waals surface area contributed by atoms with Crippen LogP contribution in [0, 0.1) is 0 Å². The molecule has 1 aromatic rings. The van der Waals surface area contributed by atoms with Crippen molar-refractivity contribution in [2.45, 2.75) is 59.3 Å². The van der Waals surface area contributed by atoms with E-state index in [9.17, 15) is 0 Å². The maximum atomic E-state index is 4.34. The van der Waals surface area contributed by atoms with E-state index in [0.29, 0.717) is 0 Å². The second-order valence-corrected chi connectivity index (χ2v) is 4.65. The number of rotatable bonds is 8. The summed E-state index contributed by atoms with van der Waals surface area (Å²) in [6.45, 7) is 6.50. The van der Waals surface area contributed by atoms with E-state index in [4.69, 9.17) is 0 Å². The Hall–Kier alpha value is -1.38. The minimum Gasteiger partial charge on any atom is -0.344 e. The molecule has 3 heteroatoms. The standard InChI is InChI=1S/C15H25N3/c1-4-6-8-10-14-11-16-12-17-15(14)18-13(3)9-7-5-2/h9,11-12H,4-8,10H2,1-3H3,(H,16,17,18)/b13-9+. The first-order valence-electron chi connectivity index (χ1n) is 7.00. The van der Waals surface area contributed by atoms with Crippen molar-refractivity contribution >= 4 is 5.82 Å². The van der Waals surface area contributed by atoms with E-state index in [-0.39, 0.29) is 0 Å². The molecule has 0 saturated heterocycles. The van der Waals surface area contributed by atoms with Crippen LogP contribution in [-0.4, -0.2) is 9.97 Å². The molecule has 0 aliphatic heterocycles. The minimum atomic E-state index is 0.964. The normalized spacial score (nSPS) is 11.6. The molecule has 0 atom stereocenters. The Bertz CT molecular complexity index is 372. The van der Waals surface area contributed by atoms with Gasteiger partial charge in [0.15, 0.2) is 0 Å². The number of unbranched alkanes of at least 4 members (excludes halogenated alkanes) is 3. The zero-order valence-corrected chi connectivity index (χ0v) is 11.9. The summed E-state index contributed by atoms with van der Waals surface area (Å²) in [7, 11) is 0. The number of allylic oxidation sites excluding steroid dienone is 2. The van der Waals surface area contributed by atoms with Gasteiger partial charge in [-0.3, -0.25) is 0 Å². The van der Waals surface area contributed by atoms with Gasteiger partial charge in [-0.1, -0.05) is 39.2 Å². The van der Waals surface area contributed by atoms with Crippen molar-refractivity contribution in [1.82, 2.24) is 9.97 Å². The summed E-state index contributed by atoms with van der Waals surface area (Å²) >= 11 is 0. The van der Waals surface area contributed by atoms with Gasteiger partial charge in [-0.15, -0.1) is 0 Å². The summed E-state index contributed by atoms with van der Waals surface area (Å²) in [6.07, 6.45) is 12.8. The molecule has 1 heterocycles. The Kier molecular flexibility index (Phi) is 7.07. The Balaban J connectivity index is 2.63. The number of hydrogen-bond acceptors (Lipinski definition) is 3. The third kappa shape index (κ3) is 5.30. The highest BCUT2D eigenvalue weighted by molar-refractivity contribution is 5.46. The van der Waals surface area contributed by atoms with Crippen LogP contribution >= 0.6 is 0 Å². The number of hydrogen-bond donors (Lipinski definition) is 1. The molecular weight excluding hydrogens is 222 g/mol. The van der Waals surface area contributed by atoms with Crippen LogP contribution in [0.4, 0.5) is 5.82 Å². The molecule has 1 aromatic heterocycles. The van der Waals surface area contributed by atoms with Crippen molar-refractivity contribution in [2.75, 3.05) is 5.32 Å². The third-order valence-corrected chi connectivity index (χ3v) is 2.89. The molecular formula is C15H25N3. The second kappa shape index (κ2) is 8.67. The van der Waals surface area contributed by atoms with Crippen molar-refractivity contribution in [1.29, 1.82) is 0 Å². The molecule has 0 spiro atoms. The first-order chi connectivity index (χ1) is 8.77. The SMILES string of the molecule is CCC/C=C(\C)Nc1ncncc1CCCCC. The highest BCUT2D eigenvalue weighted by atomic mass is 15.0. The molecule has 1 rings (SSSR count). The third-order valence-electron chi connectivity index (χ3n) is 2.89. The predicted molar refractivity (Wildman–Crippen MR) is 77.5 cm³/mol. The van der Waals surface area contributed by atoms with Crippen LogP contribution in [0.15, 0.2) is 24.3 Å². The van der Waals surface area contributed by atoms with E-state index < -0.39 is 0 Å². The average Bonchev–Trinajstić information content (AvgIpc) is 2.38. The Morgan fingerprint density at radius 2 is 2.11 bits per heavy atom. The number of anilines is 1. The van der Waals surface area contributed by atoms with Gasteiger partial charge in [0.2, 0.25) is 0 Å². The smallest absolute Gasteiger partial charge is 0.136 e. The summed E-state index contributed by atoms with van der Waals surface area (Å²) < 4.78 is 0. The van der Waals surface area contributed by atoms with Crippen LogP contribution in [0.5, 0.6) is 0 Å². The van der Waals surface area contributed by atoms with E-state index in [2.05, 4.69) is 42.1 Å². The van der Waals surface area contributed by atoms with Crippen LogP contribution in [-0.2, 0) is 6.42 Å². The lowest BCUT2D eigenvalue weighted by Crippen LogP contribution is -2.03. The van der Waals surface area contributed by atoms with E-state index in [0.717, 1.165) is 18.7 Å². The molecule has 0 aliphatic rings. The highest BCUT2D eigenvalue weighted by Gasteiger charge is 2.03. The van der Waals surface area contributed by atoms with Gasteiger partial charge in [0.05, 0.1) is 0 Å². The van der Waals surface area contributed by atoms with E-state index in [1.807, 2.05) is 6.20 Å². The Labute approximate surface area is 111 Å². The maximum absolute atomic E-state index is 4.34. The Morgan fingerprint density at radius 3 is 2.83 bits per heavy atom. The van der Waals surface area contributed by atoms with Gasteiger partial charge in [0.25, 0.3) is 0 Å². The van der Waals surface area contributed by atoms with Gasteiger partial charge in [-0.25, -0.2) is 9.97 Å². The van der Waals surface area contributed by atoms with Gasteiger partial charge in [0.1, 0.15) is 12.1 Å². The van der Waals surface area contributed by atoms with E-state index in [1.165, 1.54) is 36.9 Å². The number of aromatic nitrogens is 2. The summed E-state index contributed by atoms with van der Waals surface area (Å²) in [5, 5.41) is 3.38. The van der Waals surface area contributed by atoms with Crippen LogP contribution in [0.2, 0.25) is 0 Å². The molecule has 0 amide bonds. The largest absolute Gasteiger partial charge is 0.344 e. The second-order valence-electron chi connectivity index (χ2n) is 4.65. The maximum Gasteiger partial charge on any atom is 0.136 e. The van der Waals surface area contributed by atoms with Crippen molar-refractivity contribution < 1.29 is 0 Å². The first kappa shape index (κ1) is 14.7. The molecule has 100 valence electrons. The molecule has 3 nitrogen and oxygen atoms in total. The van der Waals surface area contributed by atoms with Crippen LogP contribution in [0.1, 0.15) is 58.4 Å². The molecule has 1 N–H and O–H groups in total. The van der Waals surface area contributed by atoms with E-state index >= 15 is 0 Å². The van der Waals surface area contributed by atoms with Crippen molar-refractivity contribution in [2.24, 2.45) is 0 Å². The highest BCUT2D eigenvalue weighted by Crippen LogP contribution is 2.16. The molecule has 0 fully saturated rings. The van der Waals surface area contributed by atoms with Crippen LogP contribution in [0.25, 0.3) is 0 Å². The topological polar surface area (TPSA) is 37.8 Å². The van der Waals surface area contributed by atoms with Gasteiger partial charge in [-0.2, -0.15) is 0 Å². The lowest BCUT2D eigenvalue weighted by atomic mass is 10.1. The fourth-order valence-electron chi connectivity index (χ4n) is 1.82. The molecule has 18 heavy (non-hydrogen) atoms. The summed E-state index contributed by atoms with van der Waals surface area (Å²) in [4.78, 5) is 8.47. The fourth-order valence-corrected chi connectivity index (χ4v) is 1.82. The number of aryl methyl sites for hydroxylation is 1. The van der Waals surface area contributed by atoms with Crippen LogP contribution < -0.4 is 5.32 Å². The van der Waals surface area contributed by atoms with E-state index in [1.54, 1.807) is 6.33 Å². The molecule has 0 aliphatic carbocycles. The number of nitrogens with one attached hydrogen (secondary N) is 1. The zero-order chi connectivity index (χ0) is 13.2. The minimum absolute atomic E-state index is 0.964. The monoisotopic (exact) mass is 247 g/mol. The molecule has 0 saturated carbocycles. The zero-order valence-electron chi connectivity index (χ0n) is 11.9. The molecule has 0 unspecified atom stereocenters. The predicted octanol–water partition coefficient (Wildman–Crippen LogP) is 4.33. The molecule has 0 radical (unpaired) electrons. The van der Waals surface area contributed by atoms with Gasteiger partial charge < -0.3 is 5.32 Å². The quantitative estimate of drug-likeness (QED) is 0.695. The van der Waals surface area contributed by atoms with Crippen molar-refractivity contribution in [3.05, 3.63) is 29.9 Å². The molecule has 0 bridgehead atoms. The van der Waals surface area contributed by atoms with Gasteiger partial charge in [0, 0.05) is 17.5 Å². The first-order valence-corrected chi connectivity index (χ1v) is 7.00. The summed E-state index contributed by atoms with van der Waals surface area (Å²) in [6, 6.07) is 0. The lowest BCUT2D eigenvalue weighted by Gasteiger charge is -2.10. The van der Waals surface area contributed by atoms with Gasteiger partial charge >= 0.3 is 0 Å². The Morgan fingerprint density at radius 1 is 1.28 bits per heavy atom. The average molecular weight is 247 g/mol. The molecule has 0 aromatic carbocycles. The van der Waals surface area contributed by atoms with Crippen LogP contribution in [0.3, 0.4) is 0 Å². The van der Waals surface area contributed by atoms with Gasteiger partial charge in [-0.05, 0) is 26.2 Å². The van der Waals surface area contributed by atoms with Crippen molar-refractivity contribution in [3.8, 4) is 0 Å².